The smallest absolute Gasteiger partial charge is 0.265 e. The number of hydrogen-bond acceptors (Lipinski definition) is 3. The zero-order valence-electron chi connectivity index (χ0n) is 12.4. The maximum Gasteiger partial charge on any atom is 0.265 e. The second kappa shape index (κ2) is 7.47. The number of rotatable bonds is 5. The number of carbonyl (C=O) groups is 2. The topological polar surface area (TPSA) is 81.4 Å². The first-order valence-corrected chi connectivity index (χ1v) is 7.10. The second-order valence-corrected chi connectivity index (χ2v) is 5.04. The molecule has 23 heavy (non-hydrogen) atoms. The number of methoxy groups -OCH3 is 1. The molecule has 5 nitrogen and oxygen atoms in total. The summed E-state index contributed by atoms with van der Waals surface area (Å²) < 4.78 is 5.06. The molecule has 0 spiro atoms. The molecule has 0 aliphatic carbocycles. The molecule has 0 aliphatic heterocycles. The van der Waals surface area contributed by atoms with E-state index in [0.717, 1.165) is 0 Å². The van der Waals surface area contributed by atoms with Gasteiger partial charge >= 0.3 is 0 Å². The van der Waals surface area contributed by atoms with Gasteiger partial charge in [-0.1, -0.05) is 35.9 Å². The van der Waals surface area contributed by atoms with Crippen LogP contribution in [-0.4, -0.2) is 18.9 Å². The molecule has 2 rings (SSSR count). The van der Waals surface area contributed by atoms with E-state index in [1.54, 1.807) is 55.6 Å². The van der Waals surface area contributed by atoms with Crippen molar-refractivity contribution in [1.29, 1.82) is 0 Å². The van der Waals surface area contributed by atoms with Crippen LogP contribution in [0.2, 0.25) is 5.02 Å². The van der Waals surface area contributed by atoms with Gasteiger partial charge in [-0.3, -0.25) is 9.59 Å². The number of carbonyl (C=O) groups excluding carboxylic acids is 2. The van der Waals surface area contributed by atoms with Crippen LogP contribution in [0.25, 0.3) is 6.08 Å². The molecule has 3 N–H and O–H groups in total. The number of ether oxygens (including phenoxy) is 1. The lowest BCUT2D eigenvalue weighted by molar-refractivity contribution is -0.114. The van der Waals surface area contributed by atoms with Gasteiger partial charge in [-0.05, 0) is 35.9 Å². The minimum atomic E-state index is -0.749. The third kappa shape index (κ3) is 4.34. The molecular weight excluding hydrogens is 316 g/mol. The van der Waals surface area contributed by atoms with Gasteiger partial charge in [-0.2, -0.15) is 0 Å². The van der Waals surface area contributed by atoms with Gasteiger partial charge in [0, 0.05) is 0 Å². The quantitative estimate of drug-likeness (QED) is 0.827. The highest BCUT2D eigenvalue weighted by Crippen LogP contribution is 2.16. The van der Waals surface area contributed by atoms with Gasteiger partial charge in [-0.15, -0.1) is 0 Å². The highest BCUT2D eigenvalue weighted by atomic mass is 35.5. The van der Waals surface area contributed by atoms with E-state index in [4.69, 9.17) is 22.1 Å². The fourth-order valence-electron chi connectivity index (χ4n) is 1.87. The van der Waals surface area contributed by atoms with E-state index in [9.17, 15) is 9.59 Å². The molecule has 0 aliphatic rings. The van der Waals surface area contributed by atoms with Gasteiger partial charge in [0.2, 0.25) is 0 Å². The van der Waals surface area contributed by atoms with Crippen LogP contribution in [-0.2, 0) is 4.79 Å². The molecule has 2 amide bonds. The van der Waals surface area contributed by atoms with Crippen LogP contribution >= 0.6 is 11.6 Å². The number of amides is 2. The third-order valence-electron chi connectivity index (χ3n) is 3.06. The molecule has 0 unspecified atom stereocenters. The normalized spacial score (nSPS) is 11.0. The summed E-state index contributed by atoms with van der Waals surface area (Å²) in [6.45, 7) is 0. The SMILES string of the molecule is COc1ccc(C=C(NC(=O)c2ccccc2Cl)C(N)=O)cc1. The Morgan fingerprint density at radius 2 is 1.78 bits per heavy atom. The Morgan fingerprint density at radius 1 is 1.13 bits per heavy atom. The number of benzene rings is 2. The minimum Gasteiger partial charge on any atom is -0.497 e. The van der Waals surface area contributed by atoms with E-state index in [2.05, 4.69) is 5.32 Å². The fraction of sp³-hybridized carbons (Fsp3) is 0.0588. The molecule has 0 saturated heterocycles. The predicted molar refractivity (Wildman–Crippen MR) is 89.1 cm³/mol. The van der Waals surface area contributed by atoms with Gasteiger partial charge < -0.3 is 15.8 Å². The van der Waals surface area contributed by atoms with Crippen LogP contribution in [0.1, 0.15) is 15.9 Å². The first kappa shape index (κ1) is 16.6. The van der Waals surface area contributed by atoms with Gasteiger partial charge in [-0.25, -0.2) is 0 Å². The standard InChI is InChI=1S/C17H15ClN2O3/c1-23-12-8-6-11(7-9-12)10-15(16(19)21)20-17(22)13-4-2-3-5-14(13)18/h2-10H,1H3,(H2,19,21)(H,20,22). The van der Waals surface area contributed by atoms with Crippen molar-refractivity contribution < 1.29 is 14.3 Å². The summed E-state index contributed by atoms with van der Waals surface area (Å²) in [6, 6.07) is 13.5. The van der Waals surface area contributed by atoms with Crippen molar-refractivity contribution >= 4 is 29.5 Å². The Labute approximate surface area is 138 Å². The molecule has 0 bridgehead atoms. The van der Waals surface area contributed by atoms with Crippen molar-refractivity contribution in [3.05, 3.63) is 70.4 Å². The van der Waals surface area contributed by atoms with Gasteiger partial charge in [0.15, 0.2) is 0 Å². The van der Waals surface area contributed by atoms with Gasteiger partial charge in [0.1, 0.15) is 11.4 Å². The Morgan fingerprint density at radius 3 is 2.35 bits per heavy atom. The van der Waals surface area contributed by atoms with E-state index in [-0.39, 0.29) is 11.3 Å². The van der Waals surface area contributed by atoms with E-state index < -0.39 is 11.8 Å². The predicted octanol–water partition coefficient (Wildman–Crippen LogP) is 2.60. The Kier molecular flexibility index (Phi) is 5.38. The van der Waals surface area contributed by atoms with E-state index in [1.807, 2.05) is 0 Å². The molecule has 0 aromatic heterocycles. The number of primary amides is 1. The number of hydrogen-bond donors (Lipinski definition) is 2. The van der Waals surface area contributed by atoms with Crippen molar-refractivity contribution in [1.82, 2.24) is 5.32 Å². The Balaban J connectivity index is 2.24. The van der Waals surface area contributed by atoms with E-state index >= 15 is 0 Å². The summed E-state index contributed by atoms with van der Waals surface area (Å²) in [6.07, 6.45) is 1.48. The fourth-order valence-corrected chi connectivity index (χ4v) is 2.09. The lowest BCUT2D eigenvalue weighted by Gasteiger charge is -2.08. The maximum atomic E-state index is 12.2. The first-order valence-electron chi connectivity index (χ1n) is 6.72. The summed E-state index contributed by atoms with van der Waals surface area (Å²) in [5.41, 5.74) is 6.25. The van der Waals surface area contributed by atoms with E-state index in [0.29, 0.717) is 16.3 Å². The van der Waals surface area contributed by atoms with Crippen molar-refractivity contribution in [3.8, 4) is 5.75 Å². The zero-order valence-corrected chi connectivity index (χ0v) is 13.1. The van der Waals surface area contributed by atoms with Crippen molar-refractivity contribution in [2.75, 3.05) is 7.11 Å². The molecule has 0 atom stereocenters. The molecule has 6 heteroatoms. The van der Waals surface area contributed by atoms with Gasteiger partial charge in [0.05, 0.1) is 17.7 Å². The average Bonchev–Trinajstić information content (AvgIpc) is 2.55. The van der Waals surface area contributed by atoms with Crippen LogP contribution in [0.4, 0.5) is 0 Å². The molecular formula is C17H15ClN2O3. The molecule has 0 heterocycles. The number of nitrogens with one attached hydrogen (secondary N) is 1. The second-order valence-electron chi connectivity index (χ2n) is 4.63. The molecule has 118 valence electrons. The lowest BCUT2D eigenvalue weighted by atomic mass is 10.1. The van der Waals surface area contributed by atoms with Crippen LogP contribution in [0.15, 0.2) is 54.2 Å². The average molecular weight is 331 g/mol. The molecule has 0 radical (unpaired) electrons. The Hall–Kier alpha value is -2.79. The largest absolute Gasteiger partial charge is 0.497 e. The highest BCUT2D eigenvalue weighted by Gasteiger charge is 2.14. The molecule has 2 aromatic rings. The number of nitrogens with two attached hydrogens (primary N) is 1. The number of halogens is 1. The zero-order chi connectivity index (χ0) is 16.8. The summed E-state index contributed by atoms with van der Waals surface area (Å²) in [4.78, 5) is 23.8. The van der Waals surface area contributed by atoms with E-state index in [1.165, 1.54) is 6.08 Å². The minimum absolute atomic E-state index is 0.0277. The molecule has 2 aromatic carbocycles. The van der Waals surface area contributed by atoms with Crippen LogP contribution in [0.3, 0.4) is 0 Å². The van der Waals surface area contributed by atoms with Crippen molar-refractivity contribution in [2.24, 2.45) is 5.73 Å². The summed E-state index contributed by atoms with van der Waals surface area (Å²) in [7, 11) is 1.56. The monoisotopic (exact) mass is 330 g/mol. The maximum absolute atomic E-state index is 12.2. The Bertz CT molecular complexity index is 755. The summed E-state index contributed by atoms with van der Waals surface area (Å²) in [5, 5.41) is 2.77. The third-order valence-corrected chi connectivity index (χ3v) is 3.39. The first-order chi connectivity index (χ1) is 11.0. The summed E-state index contributed by atoms with van der Waals surface area (Å²) >= 11 is 5.97. The van der Waals surface area contributed by atoms with Crippen LogP contribution in [0, 0.1) is 0 Å². The molecule has 0 saturated carbocycles. The lowest BCUT2D eigenvalue weighted by Crippen LogP contribution is -2.31. The van der Waals surface area contributed by atoms with Crippen molar-refractivity contribution in [3.63, 3.8) is 0 Å². The van der Waals surface area contributed by atoms with Crippen LogP contribution in [0.5, 0.6) is 5.75 Å². The van der Waals surface area contributed by atoms with Crippen molar-refractivity contribution in [2.45, 2.75) is 0 Å². The highest BCUT2D eigenvalue weighted by molar-refractivity contribution is 6.34. The summed E-state index contributed by atoms with van der Waals surface area (Å²) in [5.74, 6) is -0.571. The molecule has 0 fully saturated rings. The van der Waals surface area contributed by atoms with Crippen LogP contribution < -0.4 is 15.8 Å². The van der Waals surface area contributed by atoms with Gasteiger partial charge in [0.25, 0.3) is 11.8 Å².